The minimum absolute atomic E-state index is 0.0915. The molecule has 0 bridgehead atoms. The number of aryl methyl sites for hydroxylation is 1. The van der Waals surface area contributed by atoms with Crippen LogP contribution in [0.25, 0.3) is 0 Å². The van der Waals surface area contributed by atoms with Crippen molar-refractivity contribution in [2.24, 2.45) is 0 Å². The summed E-state index contributed by atoms with van der Waals surface area (Å²) in [6, 6.07) is 6.54. The maximum atomic E-state index is 9.43. The van der Waals surface area contributed by atoms with Gasteiger partial charge in [0.25, 0.3) is 0 Å². The monoisotopic (exact) mass is 220 g/mol. The van der Waals surface area contributed by atoms with Gasteiger partial charge in [-0.15, -0.1) is 0 Å². The Bertz CT molecular complexity index is 357. The molecule has 88 valence electrons. The number of benzene rings is 1. The summed E-state index contributed by atoms with van der Waals surface area (Å²) in [6.07, 6.45) is 3.82. The molecule has 0 saturated heterocycles. The molecule has 0 spiro atoms. The predicted molar refractivity (Wildman–Crippen MR) is 67.5 cm³/mol. The first-order valence-electron chi connectivity index (χ1n) is 5.96. The van der Waals surface area contributed by atoms with E-state index in [4.69, 9.17) is 5.73 Å². The molecule has 0 atom stereocenters. The van der Waals surface area contributed by atoms with Gasteiger partial charge in [0.05, 0.1) is 6.10 Å². The van der Waals surface area contributed by atoms with Crippen molar-refractivity contribution in [2.75, 3.05) is 11.1 Å². The van der Waals surface area contributed by atoms with Crippen molar-refractivity contribution in [2.45, 2.75) is 44.8 Å². The van der Waals surface area contributed by atoms with Gasteiger partial charge in [-0.2, -0.15) is 0 Å². The molecule has 1 aromatic rings. The predicted octanol–water partition coefficient (Wildman–Crippen LogP) is 2.29. The highest BCUT2D eigenvalue weighted by Crippen LogP contribution is 2.23. The van der Waals surface area contributed by atoms with Gasteiger partial charge in [-0.25, -0.2) is 0 Å². The van der Waals surface area contributed by atoms with Crippen molar-refractivity contribution >= 4 is 11.4 Å². The Kier molecular flexibility index (Phi) is 3.34. The summed E-state index contributed by atoms with van der Waals surface area (Å²) in [6.45, 7) is 2.02. The molecular formula is C13H20N2O. The quantitative estimate of drug-likeness (QED) is 0.670. The van der Waals surface area contributed by atoms with Gasteiger partial charge >= 0.3 is 0 Å². The number of nitrogens with two attached hydrogens (primary N) is 1. The number of hydrogen-bond acceptors (Lipinski definition) is 3. The number of anilines is 2. The van der Waals surface area contributed by atoms with E-state index in [2.05, 4.69) is 11.4 Å². The van der Waals surface area contributed by atoms with Gasteiger partial charge in [-0.1, -0.05) is 0 Å². The molecule has 1 aliphatic carbocycles. The smallest absolute Gasteiger partial charge is 0.0541 e. The van der Waals surface area contributed by atoms with E-state index in [0.29, 0.717) is 6.04 Å². The van der Waals surface area contributed by atoms with Crippen LogP contribution in [0.3, 0.4) is 0 Å². The van der Waals surface area contributed by atoms with E-state index < -0.39 is 0 Å². The highest BCUT2D eigenvalue weighted by atomic mass is 16.3. The standard InChI is InChI=1S/C13H20N2O/c1-9-8-11(4-7-13(9)14)15-10-2-5-12(16)6-3-10/h4,7-8,10,12,15-16H,2-3,5-6,14H2,1H3. The third kappa shape index (κ3) is 2.67. The Morgan fingerprint density at radius 2 is 1.94 bits per heavy atom. The molecule has 0 aromatic heterocycles. The molecule has 1 aliphatic rings. The Morgan fingerprint density at radius 3 is 2.56 bits per heavy atom. The lowest BCUT2D eigenvalue weighted by atomic mass is 9.93. The van der Waals surface area contributed by atoms with Crippen LogP contribution in [0.5, 0.6) is 0 Å². The first-order chi connectivity index (χ1) is 7.65. The number of nitrogens with one attached hydrogen (secondary N) is 1. The Balaban J connectivity index is 1.96. The third-order valence-electron chi connectivity index (χ3n) is 3.34. The molecule has 1 fully saturated rings. The third-order valence-corrected chi connectivity index (χ3v) is 3.34. The maximum Gasteiger partial charge on any atom is 0.0541 e. The zero-order valence-corrected chi connectivity index (χ0v) is 9.74. The van der Waals surface area contributed by atoms with Crippen LogP contribution in [0.4, 0.5) is 11.4 Å². The van der Waals surface area contributed by atoms with Crippen LogP contribution in [0.2, 0.25) is 0 Å². The summed E-state index contributed by atoms with van der Waals surface area (Å²) in [5.74, 6) is 0. The minimum atomic E-state index is -0.0915. The summed E-state index contributed by atoms with van der Waals surface area (Å²) < 4.78 is 0. The van der Waals surface area contributed by atoms with Crippen LogP contribution in [-0.4, -0.2) is 17.3 Å². The molecule has 0 heterocycles. The first-order valence-corrected chi connectivity index (χ1v) is 5.96. The van der Waals surface area contributed by atoms with E-state index >= 15 is 0 Å². The average molecular weight is 220 g/mol. The summed E-state index contributed by atoms with van der Waals surface area (Å²) in [4.78, 5) is 0. The second-order valence-electron chi connectivity index (χ2n) is 4.72. The van der Waals surface area contributed by atoms with Crippen LogP contribution in [-0.2, 0) is 0 Å². The molecule has 2 rings (SSSR count). The lowest BCUT2D eigenvalue weighted by Crippen LogP contribution is -2.28. The van der Waals surface area contributed by atoms with Crippen LogP contribution in [0.15, 0.2) is 18.2 Å². The Labute approximate surface area is 96.7 Å². The summed E-state index contributed by atoms with van der Waals surface area (Å²) in [7, 11) is 0. The van der Waals surface area contributed by atoms with Gasteiger partial charge in [0, 0.05) is 17.4 Å². The van der Waals surface area contributed by atoms with Gasteiger partial charge in [0.1, 0.15) is 0 Å². The fraction of sp³-hybridized carbons (Fsp3) is 0.538. The zero-order chi connectivity index (χ0) is 11.5. The molecule has 3 nitrogen and oxygen atoms in total. The van der Waals surface area contributed by atoms with E-state index in [1.807, 2.05) is 19.1 Å². The van der Waals surface area contributed by atoms with Gasteiger partial charge < -0.3 is 16.2 Å². The fourth-order valence-corrected chi connectivity index (χ4v) is 2.22. The molecular weight excluding hydrogens is 200 g/mol. The molecule has 4 N–H and O–H groups in total. The van der Waals surface area contributed by atoms with Crippen LogP contribution >= 0.6 is 0 Å². The van der Waals surface area contributed by atoms with Gasteiger partial charge in [-0.3, -0.25) is 0 Å². The normalized spacial score (nSPS) is 25.4. The zero-order valence-electron chi connectivity index (χ0n) is 9.74. The largest absolute Gasteiger partial charge is 0.399 e. The summed E-state index contributed by atoms with van der Waals surface area (Å²) in [5.41, 5.74) is 8.86. The number of aliphatic hydroxyl groups excluding tert-OH is 1. The number of nitrogen functional groups attached to an aromatic ring is 1. The first kappa shape index (κ1) is 11.3. The van der Waals surface area contributed by atoms with E-state index in [9.17, 15) is 5.11 Å². The van der Waals surface area contributed by atoms with E-state index in [1.54, 1.807) is 0 Å². The second kappa shape index (κ2) is 4.74. The average Bonchev–Trinajstić information content (AvgIpc) is 2.27. The maximum absolute atomic E-state index is 9.43. The fourth-order valence-electron chi connectivity index (χ4n) is 2.22. The summed E-state index contributed by atoms with van der Waals surface area (Å²) in [5, 5.41) is 12.9. The van der Waals surface area contributed by atoms with Crippen LogP contribution in [0.1, 0.15) is 31.2 Å². The SMILES string of the molecule is Cc1cc(NC2CCC(O)CC2)ccc1N. The Morgan fingerprint density at radius 1 is 1.25 bits per heavy atom. The van der Waals surface area contributed by atoms with Crippen LogP contribution < -0.4 is 11.1 Å². The Hall–Kier alpha value is -1.22. The summed E-state index contributed by atoms with van der Waals surface area (Å²) >= 11 is 0. The minimum Gasteiger partial charge on any atom is -0.399 e. The molecule has 0 radical (unpaired) electrons. The number of hydrogen-bond donors (Lipinski definition) is 3. The van der Waals surface area contributed by atoms with Crippen molar-refractivity contribution in [1.29, 1.82) is 0 Å². The second-order valence-corrected chi connectivity index (χ2v) is 4.72. The molecule has 3 heteroatoms. The lowest BCUT2D eigenvalue weighted by Gasteiger charge is -2.27. The van der Waals surface area contributed by atoms with Gasteiger partial charge in [0.15, 0.2) is 0 Å². The molecule has 1 saturated carbocycles. The van der Waals surface area contributed by atoms with E-state index in [0.717, 1.165) is 42.6 Å². The highest BCUT2D eigenvalue weighted by molar-refractivity contribution is 5.57. The van der Waals surface area contributed by atoms with Gasteiger partial charge in [-0.05, 0) is 56.4 Å². The molecule has 0 amide bonds. The van der Waals surface area contributed by atoms with Crippen molar-refractivity contribution in [3.8, 4) is 0 Å². The van der Waals surface area contributed by atoms with Crippen molar-refractivity contribution in [3.05, 3.63) is 23.8 Å². The topological polar surface area (TPSA) is 58.3 Å². The molecule has 0 aliphatic heterocycles. The van der Waals surface area contributed by atoms with Crippen molar-refractivity contribution in [3.63, 3.8) is 0 Å². The molecule has 1 aromatic carbocycles. The molecule has 16 heavy (non-hydrogen) atoms. The lowest BCUT2D eigenvalue weighted by molar-refractivity contribution is 0.126. The van der Waals surface area contributed by atoms with Crippen molar-refractivity contribution in [1.82, 2.24) is 0 Å². The van der Waals surface area contributed by atoms with E-state index in [1.165, 1.54) is 0 Å². The highest BCUT2D eigenvalue weighted by Gasteiger charge is 2.18. The van der Waals surface area contributed by atoms with Crippen molar-refractivity contribution < 1.29 is 5.11 Å². The van der Waals surface area contributed by atoms with Crippen LogP contribution in [0, 0.1) is 6.92 Å². The van der Waals surface area contributed by atoms with Gasteiger partial charge in [0.2, 0.25) is 0 Å². The number of aliphatic hydroxyl groups is 1. The number of rotatable bonds is 2. The van der Waals surface area contributed by atoms with E-state index in [-0.39, 0.29) is 6.10 Å². The molecule has 0 unspecified atom stereocenters.